The van der Waals surface area contributed by atoms with E-state index in [9.17, 15) is 0 Å². The highest BCUT2D eigenvalue weighted by atomic mass is 15.2. The van der Waals surface area contributed by atoms with Gasteiger partial charge in [0.05, 0.1) is 12.4 Å². The summed E-state index contributed by atoms with van der Waals surface area (Å²) in [6.45, 7) is 0.809. The molecule has 1 aromatic carbocycles. The molecule has 1 aromatic heterocycles. The zero-order valence-corrected chi connectivity index (χ0v) is 9.38. The molecular weight excluding hydrogens is 210 g/mol. The predicted molar refractivity (Wildman–Crippen MR) is 69.3 cm³/mol. The summed E-state index contributed by atoms with van der Waals surface area (Å²) in [5, 5.41) is 3.17. The van der Waals surface area contributed by atoms with Crippen molar-refractivity contribution in [3.63, 3.8) is 0 Å². The van der Waals surface area contributed by atoms with Gasteiger partial charge in [0.15, 0.2) is 0 Å². The van der Waals surface area contributed by atoms with Crippen LogP contribution in [0.1, 0.15) is 0 Å². The third kappa shape index (κ3) is 1.87. The number of benzene rings is 1. The summed E-state index contributed by atoms with van der Waals surface area (Å²) in [5.41, 5.74) is 3.52. The number of pyridine rings is 1. The highest BCUT2D eigenvalue weighted by molar-refractivity contribution is 5.78. The highest BCUT2D eigenvalue weighted by Crippen LogP contribution is 2.30. The van der Waals surface area contributed by atoms with E-state index in [1.165, 1.54) is 11.3 Å². The van der Waals surface area contributed by atoms with Gasteiger partial charge >= 0.3 is 0 Å². The van der Waals surface area contributed by atoms with Crippen molar-refractivity contribution < 1.29 is 0 Å². The van der Waals surface area contributed by atoms with Gasteiger partial charge in [0.25, 0.3) is 0 Å². The Morgan fingerprint density at radius 2 is 2.00 bits per heavy atom. The monoisotopic (exact) mass is 223 g/mol. The van der Waals surface area contributed by atoms with Crippen LogP contribution in [0.15, 0.2) is 61.2 Å². The average Bonchev–Trinajstić information content (AvgIpc) is 2.94. The van der Waals surface area contributed by atoms with E-state index in [-0.39, 0.29) is 0 Å². The molecule has 0 aliphatic carbocycles. The van der Waals surface area contributed by atoms with E-state index in [0.29, 0.717) is 0 Å². The first kappa shape index (κ1) is 9.90. The average molecular weight is 223 g/mol. The van der Waals surface area contributed by atoms with Crippen LogP contribution in [0.5, 0.6) is 0 Å². The molecular formula is C14H13N3. The number of hydrogen-bond acceptors (Lipinski definition) is 3. The molecule has 0 radical (unpaired) electrons. The van der Waals surface area contributed by atoms with Crippen LogP contribution in [0.3, 0.4) is 0 Å². The third-order valence-corrected chi connectivity index (χ3v) is 2.83. The summed E-state index contributed by atoms with van der Waals surface area (Å²) < 4.78 is 0. The number of rotatable bonds is 2. The predicted octanol–water partition coefficient (Wildman–Crippen LogP) is 2.59. The maximum Gasteiger partial charge on any atom is 0.0916 e. The number of nitrogens with one attached hydrogen (secondary N) is 1. The quantitative estimate of drug-likeness (QED) is 0.848. The third-order valence-electron chi connectivity index (χ3n) is 2.83. The lowest BCUT2D eigenvalue weighted by molar-refractivity contribution is 0.900. The summed E-state index contributed by atoms with van der Waals surface area (Å²) in [7, 11) is 0. The van der Waals surface area contributed by atoms with Crippen molar-refractivity contribution in [1.82, 2.24) is 10.3 Å². The van der Waals surface area contributed by atoms with E-state index in [1.807, 2.05) is 49.1 Å². The Balaban J connectivity index is 2.08. The van der Waals surface area contributed by atoms with Gasteiger partial charge in [0, 0.05) is 30.4 Å². The minimum absolute atomic E-state index is 0.809. The van der Waals surface area contributed by atoms with Crippen LogP contribution >= 0.6 is 0 Å². The Labute approximate surface area is 100 Å². The van der Waals surface area contributed by atoms with Crippen molar-refractivity contribution in [3.8, 4) is 11.1 Å². The molecule has 2 heterocycles. The summed E-state index contributed by atoms with van der Waals surface area (Å²) in [6.07, 6.45) is 7.74. The molecule has 0 bridgehead atoms. The van der Waals surface area contributed by atoms with Gasteiger partial charge < -0.3 is 10.2 Å². The number of hydrogen-bond donors (Lipinski definition) is 1. The number of anilines is 1. The fourth-order valence-corrected chi connectivity index (χ4v) is 1.99. The minimum atomic E-state index is 0.809. The van der Waals surface area contributed by atoms with Gasteiger partial charge in [-0.2, -0.15) is 0 Å². The largest absolute Gasteiger partial charge is 0.372 e. The fraction of sp³-hybridized carbons (Fsp3) is 0.0714. The summed E-state index contributed by atoms with van der Waals surface area (Å²) in [6, 6.07) is 12.4. The molecule has 0 spiro atoms. The Morgan fingerprint density at radius 3 is 2.76 bits per heavy atom. The second-order valence-corrected chi connectivity index (χ2v) is 3.91. The maximum absolute atomic E-state index is 4.22. The summed E-state index contributed by atoms with van der Waals surface area (Å²) >= 11 is 0. The van der Waals surface area contributed by atoms with E-state index < -0.39 is 0 Å². The molecule has 1 N–H and O–H groups in total. The van der Waals surface area contributed by atoms with Crippen molar-refractivity contribution in [2.24, 2.45) is 0 Å². The number of aromatic nitrogens is 1. The number of nitrogens with zero attached hydrogens (tertiary/aromatic N) is 2. The van der Waals surface area contributed by atoms with Crippen molar-refractivity contribution in [2.75, 3.05) is 11.6 Å². The summed E-state index contributed by atoms with van der Waals surface area (Å²) in [5.74, 6) is 0. The molecule has 0 saturated heterocycles. The molecule has 1 aliphatic rings. The molecule has 0 atom stereocenters. The Bertz CT molecular complexity index is 534. The molecule has 3 nitrogen and oxygen atoms in total. The first-order chi connectivity index (χ1) is 8.45. The molecule has 17 heavy (non-hydrogen) atoms. The second-order valence-electron chi connectivity index (χ2n) is 3.91. The van der Waals surface area contributed by atoms with Gasteiger partial charge in [-0.25, -0.2) is 0 Å². The van der Waals surface area contributed by atoms with Crippen molar-refractivity contribution >= 4 is 5.69 Å². The van der Waals surface area contributed by atoms with Gasteiger partial charge in [-0.3, -0.25) is 4.98 Å². The van der Waals surface area contributed by atoms with E-state index in [0.717, 1.165) is 12.2 Å². The molecule has 0 amide bonds. The maximum atomic E-state index is 4.22. The molecule has 2 aromatic rings. The van der Waals surface area contributed by atoms with Crippen LogP contribution in [0, 0.1) is 0 Å². The molecule has 84 valence electrons. The smallest absolute Gasteiger partial charge is 0.0916 e. The van der Waals surface area contributed by atoms with Gasteiger partial charge in [0.1, 0.15) is 0 Å². The molecule has 3 rings (SSSR count). The van der Waals surface area contributed by atoms with Crippen LogP contribution in [-0.2, 0) is 0 Å². The Morgan fingerprint density at radius 1 is 1.12 bits per heavy atom. The summed E-state index contributed by atoms with van der Waals surface area (Å²) in [4.78, 5) is 6.39. The lowest BCUT2D eigenvalue weighted by Gasteiger charge is -2.18. The first-order valence-corrected chi connectivity index (χ1v) is 5.61. The van der Waals surface area contributed by atoms with Gasteiger partial charge in [-0.1, -0.05) is 30.3 Å². The van der Waals surface area contributed by atoms with Crippen LogP contribution in [0.4, 0.5) is 5.69 Å². The molecule has 1 aliphatic heterocycles. The van der Waals surface area contributed by atoms with Crippen LogP contribution in [0.25, 0.3) is 11.1 Å². The molecule has 0 unspecified atom stereocenters. The normalized spacial score (nSPS) is 13.8. The lowest BCUT2D eigenvalue weighted by Crippen LogP contribution is -2.20. The van der Waals surface area contributed by atoms with E-state index >= 15 is 0 Å². The highest BCUT2D eigenvalue weighted by Gasteiger charge is 2.12. The first-order valence-electron chi connectivity index (χ1n) is 5.61. The second kappa shape index (κ2) is 4.29. The van der Waals surface area contributed by atoms with Crippen LogP contribution in [-0.4, -0.2) is 11.7 Å². The molecule has 3 heteroatoms. The van der Waals surface area contributed by atoms with Gasteiger partial charge in [-0.05, 0) is 11.6 Å². The fourth-order valence-electron chi connectivity index (χ4n) is 1.99. The Hall–Kier alpha value is -2.29. The van der Waals surface area contributed by atoms with E-state index in [1.54, 1.807) is 0 Å². The van der Waals surface area contributed by atoms with E-state index in [4.69, 9.17) is 0 Å². The van der Waals surface area contributed by atoms with Crippen LogP contribution in [0.2, 0.25) is 0 Å². The van der Waals surface area contributed by atoms with Crippen molar-refractivity contribution in [1.29, 1.82) is 0 Å². The van der Waals surface area contributed by atoms with Gasteiger partial charge in [-0.15, -0.1) is 0 Å². The molecule has 0 saturated carbocycles. The Kier molecular flexibility index (Phi) is 2.50. The SMILES string of the molecule is C1=CN(c2ccncc2-c2ccccc2)CN1. The van der Waals surface area contributed by atoms with E-state index in [2.05, 4.69) is 27.3 Å². The standard InChI is InChI=1S/C14H13N3/c1-2-4-12(5-3-1)13-10-15-7-6-14(13)17-9-8-16-11-17/h1-10,16H,11H2. The lowest BCUT2D eigenvalue weighted by atomic mass is 10.1. The van der Waals surface area contributed by atoms with Crippen molar-refractivity contribution in [2.45, 2.75) is 0 Å². The van der Waals surface area contributed by atoms with Crippen LogP contribution < -0.4 is 10.2 Å². The zero-order chi connectivity index (χ0) is 11.5. The topological polar surface area (TPSA) is 28.2 Å². The zero-order valence-electron chi connectivity index (χ0n) is 9.38. The molecule has 0 fully saturated rings. The van der Waals surface area contributed by atoms with Crippen molar-refractivity contribution in [3.05, 3.63) is 61.2 Å². The minimum Gasteiger partial charge on any atom is -0.372 e. The van der Waals surface area contributed by atoms with Gasteiger partial charge in [0.2, 0.25) is 0 Å².